The van der Waals surface area contributed by atoms with E-state index < -0.39 is 0 Å². The highest BCUT2D eigenvalue weighted by atomic mass is 16.5. The zero-order valence-electron chi connectivity index (χ0n) is 20.2. The van der Waals surface area contributed by atoms with E-state index in [1.54, 1.807) is 0 Å². The van der Waals surface area contributed by atoms with Crippen molar-refractivity contribution in [3.05, 3.63) is 82.7 Å². The summed E-state index contributed by atoms with van der Waals surface area (Å²) < 4.78 is 12.0. The molecule has 0 unspecified atom stereocenters. The van der Waals surface area contributed by atoms with Gasteiger partial charge in [-0.2, -0.15) is 0 Å². The van der Waals surface area contributed by atoms with Gasteiger partial charge in [-0.3, -0.25) is 0 Å². The molecule has 0 fully saturated rings. The lowest BCUT2D eigenvalue weighted by Crippen LogP contribution is -2.34. The fourth-order valence-electron chi connectivity index (χ4n) is 6.31. The summed E-state index contributed by atoms with van der Waals surface area (Å²) >= 11 is 0. The molecule has 2 aliphatic heterocycles. The average molecular weight is 475 g/mol. The summed E-state index contributed by atoms with van der Waals surface area (Å²) in [6, 6.07) is 19.8. The van der Waals surface area contributed by atoms with Crippen LogP contribution in [0.25, 0.3) is 43.8 Å². The molecule has 0 bridgehead atoms. The first kappa shape index (κ1) is 21.2. The van der Waals surface area contributed by atoms with E-state index in [4.69, 9.17) is 14.6 Å². The Morgan fingerprint density at radius 2 is 1.78 bits per heavy atom. The third-order valence-electron chi connectivity index (χ3n) is 7.81. The Balaban J connectivity index is 1.73. The van der Waals surface area contributed by atoms with Crippen molar-refractivity contribution in [2.24, 2.45) is 0 Å². The number of rotatable bonds is 2. The topological polar surface area (TPSA) is 66.5 Å². The molecule has 0 saturated carbocycles. The van der Waals surface area contributed by atoms with Crippen molar-refractivity contribution in [1.29, 1.82) is 5.41 Å². The van der Waals surface area contributed by atoms with Crippen molar-refractivity contribution in [2.45, 2.75) is 25.7 Å². The predicted octanol–water partition coefficient (Wildman–Crippen LogP) is 6.37. The van der Waals surface area contributed by atoms with E-state index in [-0.39, 0.29) is 5.97 Å². The summed E-state index contributed by atoms with van der Waals surface area (Å²) in [5.41, 5.74) is 7.85. The van der Waals surface area contributed by atoms with Crippen LogP contribution in [0.5, 0.6) is 0 Å². The summed E-state index contributed by atoms with van der Waals surface area (Å²) in [7, 11) is 1.42. The standard InChI is InChI=1S/C31H26N2O3/c1-35-31(34)21-10-3-2-9-20(21)27-22-14-13-18-7-4-12-25(32)26(18)30(22)36-29-23-11-6-16-33-15-5-8-19(28(23)33)17-24(27)29/h2-4,7,9-10,12-14,17,32H,5-6,8,11,15-16H2,1H3. The molecule has 0 saturated heterocycles. The molecule has 0 amide bonds. The molecule has 0 spiro atoms. The lowest BCUT2D eigenvalue weighted by Gasteiger charge is -2.37. The Bertz CT molecular complexity index is 1780. The quantitative estimate of drug-likeness (QED) is 0.183. The van der Waals surface area contributed by atoms with Crippen LogP contribution in [-0.2, 0) is 17.6 Å². The van der Waals surface area contributed by atoms with Crippen LogP contribution in [0, 0.1) is 5.41 Å². The SMILES string of the molecule is COC(=O)c1ccccc1-c1c2cc3c4c(c2oc2c1ccc1cccc(=N)c12)CCCN4CCC3. The zero-order chi connectivity index (χ0) is 24.4. The maximum atomic E-state index is 12.9. The molecule has 0 radical (unpaired) electrons. The minimum absolute atomic E-state index is 0.361. The number of carbonyl (C=O) groups is 1. The monoisotopic (exact) mass is 474 g/mol. The van der Waals surface area contributed by atoms with Gasteiger partial charge in [-0.05, 0) is 66.5 Å². The predicted molar refractivity (Wildman–Crippen MR) is 143 cm³/mol. The fraction of sp³-hybridized carbons (Fsp3) is 0.226. The molecular formula is C31H26N2O3. The van der Waals surface area contributed by atoms with Crippen LogP contribution in [0.2, 0.25) is 0 Å². The summed E-state index contributed by atoms with van der Waals surface area (Å²) in [6.07, 6.45) is 4.23. The molecule has 178 valence electrons. The van der Waals surface area contributed by atoms with Gasteiger partial charge >= 0.3 is 5.97 Å². The highest BCUT2D eigenvalue weighted by Crippen LogP contribution is 2.46. The first-order valence-electron chi connectivity index (χ1n) is 12.6. The Labute approximate surface area is 208 Å². The van der Waals surface area contributed by atoms with Gasteiger partial charge in [-0.1, -0.05) is 36.4 Å². The molecule has 2 aliphatic rings. The number of fused-ring (bicyclic) bond motifs is 5. The molecule has 5 aromatic rings. The Hall–Kier alpha value is -4.12. The summed E-state index contributed by atoms with van der Waals surface area (Å²) in [5, 5.41) is 12.9. The van der Waals surface area contributed by atoms with Crippen molar-refractivity contribution in [3.8, 4) is 11.1 Å². The smallest absolute Gasteiger partial charge is 0.338 e. The van der Waals surface area contributed by atoms with Gasteiger partial charge in [-0.15, -0.1) is 0 Å². The molecule has 4 aromatic carbocycles. The fourth-order valence-corrected chi connectivity index (χ4v) is 6.31. The first-order valence-corrected chi connectivity index (χ1v) is 12.6. The molecule has 36 heavy (non-hydrogen) atoms. The number of aryl methyl sites for hydroxylation is 2. The number of esters is 1. The van der Waals surface area contributed by atoms with Crippen molar-refractivity contribution >= 4 is 44.4 Å². The Morgan fingerprint density at radius 3 is 2.64 bits per heavy atom. The van der Waals surface area contributed by atoms with E-state index in [9.17, 15) is 4.79 Å². The van der Waals surface area contributed by atoms with Crippen LogP contribution in [0.4, 0.5) is 5.69 Å². The van der Waals surface area contributed by atoms with Gasteiger partial charge in [0.05, 0.1) is 23.4 Å². The van der Waals surface area contributed by atoms with E-state index in [1.807, 2.05) is 48.5 Å². The van der Waals surface area contributed by atoms with Crippen LogP contribution < -0.4 is 10.3 Å². The molecule has 0 atom stereocenters. The average Bonchev–Trinajstić information content (AvgIpc) is 2.92. The summed E-state index contributed by atoms with van der Waals surface area (Å²) in [6.45, 7) is 2.16. The van der Waals surface area contributed by atoms with Crippen molar-refractivity contribution in [3.63, 3.8) is 0 Å². The number of ether oxygens (including phenoxy) is 1. The summed E-state index contributed by atoms with van der Waals surface area (Å²) in [4.78, 5) is 15.4. The van der Waals surface area contributed by atoms with Crippen LogP contribution in [0.3, 0.4) is 0 Å². The van der Waals surface area contributed by atoms with Crippen LogP contribution in [0.15, 0.2) is 65.1 Å². The summed E-state index contributed by atoms with van der Waals surface area (Å²) in [5.74, 6) is -0.361. The number of anilines is 1. The van der Waals surface area contributed by atoms with E-state index in [2.05, 4.69) is 17.0 Å². The third kappa shape index (κ3) is 2.95. The Morgan fingerprint density at radius 1 is 0.944 bits per heavy atom. The van der Waals surface area contributed by atoms with Crippen molar-refractivity contribution < 1.29 is 13.9 Å². The first-order chi connectivity index (χ1) is 17.7. The molecule has 5 nitrogen and oxygen atoms in total. The molecule has 3 heterocycles. The Kier molecular flexibility index (Phi) is 4.68. The molecular weight excluding hydrogens is 448 g/mol. The van der Waals surface area contributed by atoms with E-state index in [0.717, 1.165) is 77.0 Å². The lowest BCUT2D eigenvalue weighted by molar-refractivity contribution is 0.0601. The lowest BCUT2D eigenvalue weighted by atomic mass is 9.86. The molecule has 5 heteroatoms. The second-order valence-electron chi connectivity index (χ2n) is 9.79. The number of carbonyl (C=O) groups excluding carboxylic acids is 1. The van der Waals surface area contributed by atoms with Crippen molar-refractivity contribution in [1.82, 2.24) is 0 Å². The van der Waals surface area contributed by atoms with Gasteiger partial charge in [0, 0.05) is 40.7 Å². The third-order valence-corrected chi connectivity index (χ3v) is 7.81. The van der Waals surface area contributed by atoms with Gasteiger partial charge in [-0.25, -0.2) is 4.79 Å². The minimum Gasteiger partial charge on any atom is -0.465 e. The zero-order valence-corrected chi connectivity index (χ0v) is 20.2. The van der Waals surface area contributed by atoms with Crippen LogP contribution >= 0.6 is 0 Å². The minimum atomic E-state index is -0.361. The van der Waals surface area contributed by atoms with Gasteiger partial charge in [0.15, 0.2) is 0 Å². The number of hydrogen-bond donors (Lipinski definition) is 1. The number of methoxy groups -OCH3 is 1. The number of benzene rings is 4. The van der Waals surface area contributed by atoms with E-state index >= 15 is 0 Å². The second-order valence-corrected chi connectivity index (χ2v) is 9.79. The normalized spacial score (nSPS) is 14.9. The van der Waals surface area contributed by atoms with Crippen molar-refractivity contribution in [2.75, 3.05) is 25.1 Å². The highest BCUT2D eigenvalue weighted by molar-refractivity contribution is 6.18. The van der Waals surface area contributed by atoms with E-state index in [1.165, 1.54) is 23.9 Å². The van der Waals surface area contributed by atoms with Gasteiger partial charge in [0.25, 0.3) is 0 Å². The second kappa shape index (κ2) is 7.95. The van der Waals surface area contributed by atoms with Crippen LogP contribution in [0.1, 0.15) is 34.3 Å². The van der Waals surface area contributed by atoms with Crippen LogP contribution in [-0.4, -0.2) is 26.2 Å². The maximum Gasteiger partial charge on any atom is 0.338 e. The molecule has 0 aliphatic carbocycles. The highest BCUT2D eigenvalue weighted by Gasteiger charge is 2.29. The number of nitrogens with one attached hydrogen (secondary N) is 1. The van der Waals surface area contributed by atoms with E-state index in [0.29, 0.717) is 16.5 Å². The van der Waals surface area contributed by atoms with Gasteiger partial charge in [0.1, 0.15) is 11.2 Å². The molecule has 1 N–H and O–H groups in total. The number of nitrogens with zero attached hydrogens (tertiary/aromatic N) is 1. The molecule has 7 rings (SSSR count). The number of hydrogen-bond acceptors (Lipinski definition) is 5. The molecule has 1 aromatic heterocycles. The largest absolute Gasteiger partial charge is 0.465 e. The van der Waals surface area contributed by atoms with Gasteiger partial charge < -0.3 is 19.5 Å². The maximum absolute atomic E-state index is 12.9. The van der Waals surface area contributed by atoms with Gasteiger partial charge in [0.2, 0.25) is 0 Å².